The molecule has 5 heteroatoms. The average molecular weight is 386 g/mol. The Bertz CT molecular complexity index is 509. The molecular weight excluding hydrogens is 358 g/mol. The van der Waals surface area contributed by atoms with E-state index in [0.29, 0.717) is 6.61 Å². The maximum absolute atomic E-state index is 10.4. The van der Waals surface area contributed by atoms with Gasteiger partial charge in [-0.2, -0.15) is 0 Å². The minimum atomic E-state index is -0.223. The summed E-state index contributed by atoms with van der Waals surface area (Å²) in [5.41, 5.74) is 1.17. The van der Waals surface area contributed by atoms with Crippen molar-refractivity contribution in [1.82, 2.24) is 4.90 Å². The monoisotopic (exact) mass is 385 g/mol. The van der Waals surface area contributed by atoms with Crippen LogP contribution in [0.15, 0.2) is 16.6 Å². The standard InChI is InChI=1S/C18H28BrNO3/c1-4-7-20-8-6-16(21)14(12-20)9-13-10-15(19)18(22-3)17(11-13)23-5-2/h10-11,14,16,21H,4-9,12H2,1-3H3. The van der Waals surface area contributed by atoms with E-state index in [2.05, 4.69) is 33.8 Å². The number of piperidine rings is 1. The molecule has 2 rings (SSSR count). The molecule has 0 amide bonds. The second-order valence-electron chi connectivity index (χ2n) is 6.16. The first-order valence-corrected chi connectivity index (χ1v) is 9.27. The van der Waals surface area contributed by atoms with Crippen molar-refractivity contribution in [1.29, 1.82) is 0 Å². The van der Waals surface area contributed by atoms with Crippen molar-refractivity contribution < 1.29 is 14.6 Å². The van der Waals surface area contributed by atoms with E-state index in [4.69, 9.17) is 9.47 Å². The summed E-state index contributed by atoms with van der Waals surface area (Å²) in [6.45, 7) is 7.84. The summed E-state index contributed by atoms with van der Waals surface area (Å²) >= 11 is 3.57. The number of halogens is 1. The van der Waals surface area contributed by atoms with Gasteiger partial charge in [-0.25, -0.2) is 0 Å². The van der Waals surface area contributed by atoms with Gasteiger partial charge in [-0.15, -0.1) is 0 Å². The highest BCUT2D eigenvalue weighted by atomic mass is 79.9. The van der Waals surface area contributed by atoms with Gasteiger partial charge in [0, 0.05) is 19.0 Å². The van der Waals surface area contributed by atoms with Gasteiger partial charge >= 0.3 is 0 Å². The Kier molecular flexibility index (Phi) is 7.18. The molecule has 1 aromatic rings. The predicted molar refractivity (Wildman–Crippen MR) is 96.4 cm³/mol. The minimum absolute atomic E-state index is 0.223. The molecule has 1 aliphatic heterocycles. The fraction of sp³-hybridized carbons (Fsp3) is 0.667. The molecule has 0 radical (unpaired) electrons. The molecule has 1 N–H and O–H groups in total. The third-order valence-corrected chi connectivity index (χ3v) is 4.98. The van der Waals surface area contributed by atoms with Gasteiger partial charge in [-0.05, 0) is 66.4 Å². The van der Waals surface area contributed by atoms with Gasteiger partial charge < -0.3 is 19.5 Å². The minimum Gasteiger partial charge on any atom is -0.492 e. The van der Waals surface area contributed by atoms with Crippen LogP contribution < -0.4 is 9.47 Å². The normalized spacial score (nSPS) is 22.1. The van der Waals surface area contributed by atoms with E-state index >= 15 is 0 Å². The smallest absolute Gasteiger partial charge is 0.174 e. The van der Waals surface area contributed by atoms with E-state index in [9.17, 15) is 5.11 Å². The fourth-order valence-corrected chi connectivity index (χ4v) is 3.97. The molecule has 0 saturated carbocycles. The lowest BCUT2D eigenvalue weighted by Gasteiger charge is -2.36. The molecule has 0 aromatic heterocycles. The Morgan fingerprint density at radius 2 is 2.13 bits per heavy atom. The topological polar surface area (TPSA) is 41.9 Å². The first-order valence-electron chi connectivity index (χ1n) is 8.48. The highest BCUT2D eigenvalue weighted by Gasteiger charge is 2.28. The zero-order chi connectivity index (χ0) is 16.8. The first kappa shape index (κ1) is 18.6. The fourth-order valence-electron chi connectivity index (χ4n) is 3.32. The predicted octanol–water partition coefficient (Wildman–Crippen LogP) is 3.49. The van der Waals surface area contributed by atoms with E-state index in [1.807, 2.05) is 13.0 Å². The molecule has 1 fully saturated rings. The van der Waals surface area contributed by atoms with Crippen LogP contribution in [0.1, 0.15) is 32.3 Å². The van der Waals surface area contributed by atoms with Crippen molar-refractivity contribution in [3.05, 3.63) is 22.2 Å². The van der Waals surface area contributed by atoms with Crippen LogP contribution in [0.3, 0.4) is 0 Å². The highest BCUT2D eigenvalue weighted by molar-refractivity contribution is 9.10. The second kappa shape index (κ2) is 8.90. The molecule has 4 nitrogen and oxygen atoms in total. The van der Waals surface area contributed by atoms with Gasteiger partial charge in [0.15, 0.2) is 11.5 Å². The van der Waals surface area contributed by atoms with Gasteiger partial charge in [0.2, 0.25) is 0 Å². The van der Waals surface area contributed by atoms with Crippen molar-refractivity contribution in [3.63, 3.8) is 0 Å². The van der Waals surface area contributed by atoms with Crippen LogP contribution in [0.4, 0.5) is 0 Å². The first-order chi connectivity index (χ1) is 11.1. The molecule has 23 heavy (non-hydrogen) atoms. The Hall–Kier alpha value is -0.780. The number of methoxy groups -OCH3 is 1. The van der Waals surface area contributed by atoms with Crippen molar-refractivity contribution in [2.45, 2.75) is 39.2 Å². The van der Waals surface area contributed by atoms with Gasteiger partial charge in [0.05, 0.1) is 24.3 Å². The highest BCUT2D eigenvalue weighted by Crippen LogP contribution is 2.37. The number of ether oxygens (including phenoxy) is 2. The molecule has 0 bridgehead atoms. The van der Waals surface area contributed by atoms with Gasteiger partial charge in [-0.1, -0.05) is 6.92 Å². The molecule has 1 aromatic carbocycles. The number of hydrogen-bond donors (Lipinski definition) is 1. The summed E-state index contributed by atoms with van der Waals surface area (Å²) in [5.74, 6) is 1.76. The zero-order valence-corrected chi connectivity index (χ0v) is 15.9. The van der Waals surface area contributed by atoms with Crippen molar-refractivity contribution in [2.75, 3.05) is 33.4 Å². The Balaban J connectivity index is 2.14. The summed E-state index contributed by atoms with van der Waals surface area (Å²) in [6.07, 6.45) is 2.65. The lowest BCUT2D eigenvalue weighted by Crippen LogP contribution is -2.44. The Labute approximate surface area is 147 Å². The summed E-state index contributed by atoms with van der Waals surface area (Å²) in [6, 6.07) is 4.12. The summed E-state index contributed by atoms with van der Waals surface area (Å²) < 4.78 is 12.0. The van der Waals surface area contributed by atoms with Gasteiger partial charge in [0.1, 0.15) is 0 Å². The van der Waals surface area contributed by atoms with Crippen LogP contribution in [0.2, 0.25) is 0 Å². The molecule has 130 valence electrons. The van der Waals surface area contributed by atoms with Crippen LogP contribution in [0, 0.1) is 5.92 Å². The second-order valence-corrected chi connectivity index (χ2v) is 7.02. The van der Waals surface area contributed by atoms with Crippen LogP contribution >= 0.6 is 15.9 Å². The third-order valence-electron chi connectivity index (χ3n) is 4.39. The summed E-state index contributed by atoms with van der Waals surface area (Å²) in [5, 5.41) is 10.4. The third kappa shape index (κ3) is 4.85. The number of aliphatic hydroxyl groups excluding tert-OH is 1. The van der Waals surface area contributed by atoms with Crippen molar-refractivity contribution in [2.24, 2.45) is 5.92 Å². The number of likely N-dealkylation sites (tertiary alicyclic amines) is 1. The molecule has 0 aliphatic carbocycles. The zero-order valence-electron chi connectivity index (χ0n) is 14.3. The van der Waals surface area contributed by atoms with Crippen LogP contribution in [-0.2, 0) is 6.42 Å². The van der Waals surface area contributed by atoms with Gasteiger partial charge in [0.25, 0.3) is 0 Å². The Morgan fingerprint density at radius 3 is 2.78 bits per heavy atom. The number of rotatable bonds is 7. The maximum atomic E-state index is 10.4. The number of benzene rings is 1. The van der Waals surface area contributed by atoms with Crippen molar-refractivity contribution >= 4 is 15.9 Å². The quantitative estimate of drug-likeness (QED) is 0.779. The SMILES string of the molecule is CCCN1CCC(O)C(Cc2cc(Br)c(OC)c(OCC)c2)C1. The molecule has 2 unspecified atom stereocenters. The van der Waals surface area contributed by atoms with Crippen LogP contribution in [0.5, 0.6) is 11.5 Å². The van der Waals surface area contributed by atoms with Crippen LogP contribution in [-0.4, -0.2) is 49.5 Å². The van der Waals surface area contributed by atoms with Gasteiger partial charge in [-0.3, -0.25) is 0 Å². The summed E-state index contributed by atoms with van der Waals surface area (Å²) in [7, 11) is 1.65. The molecule has 2 atom stereocenters. The summed E-state index contributed by atoms with van der Waals surface area (Å²) in [4.78, 5) is 2.46. The molecule has 1 saturated heterocycles. The number of nitrogens with zero attached hydrogens (tertiary/aromatic N) is 1. The lowest BCUT2D eigenvalue weighted by molar-refractivity contribution is 0.0270. The number of hydrogen-bond acceptors (Lipinski definition) is 4. The van der Waals surface area contributed by atoms with Crippen molar-refractivity contribution in [3.8, 4) is 11.5 Å². The van der Waals surface area contributed by atoms with E-state index in [1.54, 1.807) is 7.11 Å². The Morgan fingerprint density at radius 1 is 1.35 bits per heavy atom. The van der Waals surface area contributed by atoms with Crippen LogP contribution in [0.25, 0.3) is 0 Å². The molecule has 0 spiro atoms. The molecule has 1 aliphatic rings. The molecule has 1 heterocycles. The lowest BCUT2D eigenvalue weighted by atomic mass is 9.88. The molecular formula is C18H28BrNO3. The largest absolute Gasteiger partial charge is 0.492 e. The van der Waals surface area contributed by atoms with E-state index in [0.717, 1.165) is 54.9 Å². The van der Waals surface area contributed by atoms with E-state index in [-0.39, 0.29) is 12.0 Å². The van der Waals surface area contributed by atoms with E-state index in [1.165, 1.54) is 5.56 Å². The number of aliphatic hydroxyl groups is 1. The maximum Gasteiger partial charge on any atom is 0.174 e. The van der Waals surface area contributed by atoms with E-state index < -0.39 is 0 Å². The average Bonchev–Trinajstić information content (AvgIpc) is 2.51.